The SMILES string of the molecule is CN=C(NCCCOCc1ccco1)NCC(C)Oc1ccc(OC)cc1. The van der Waals surface area contributed by atoms with E-state index in [0.29, 0.717) is 19.8 Å². The fourth-order valence-electron chi connectivity index (χ4n) is 2.34. The van der Waals surface area contributed by atoms with Crippen LogP contribution in [0.3, 0.4) is 0 Å². The number of furan rings is 1. The molecule has 0 spiro atoms. The Kier molecular flexibility index (Phi) is 9.06. The summed E-state index contributed by atoms with van der Waals surface area (Å²) in [6.45, 7) is 4.57. The van der Waals surface area contributed by atoms with Gasteiger partial charge in [-0.3, -0.25) is 4.99 Å². The molecule has 1 heterocycles. The van der Waals surface area contributed by atoms with Crippen LogP contribution in [0.5, 0.6) is 11.5 Å². The predicted octanol–water partition coefficient (Wildman–Crippen LogP) is 2.83. The Hall–Kier alpha value is -2.67. The summed E-state index contributed by atoms with van der Waals surface area (Å²) in [5.74, 6) is 3.20. The van der Waals surface area contributed by atoms with Crippen LogP contribution in [0.4, 0.5) is 0 Å². The molecule has 0 aliphatic carbocycles. The first-order chi connectivity index (χ1) is 13.2. The first-order valence-electron chi connectivity index (χ1n) is 9.06. The van der Waals surface area contributed by atoms with E-state index in [-0.39, 0.29) is 6.10 Å². The molecule has 148 valence electrons. The molecule has 0 bridgehead atoms. The highest BCUT2D eigenvalue weighted by Crippen LogP contribution is 2.17. The van der Waals surface area contributed by atoms with Gasteiger partial charge in [0.05, 0.1) is 19.9 Å². The number of benzene rings is 1. The van der Waals surface area contributed by atoms with Crippen LogP contribution < -0.4 is 20.1 Å². The second-order valence-electron chi connectivity index (χ2n) is 5.97. The van der Waals surface area contributed by atoms with Crippen molar-refractivity contribution in [2.45, 2.75) is 26.1 Å². The van der Waals surface area contributed by atoms with Crippen molar-refractivity contribution in [2.75, 3.05) is 33.9 Å². The van der Waals surface area contributed by atoms with E-state index in [0.717, 1.165) is 36.2 Å². The summed E-state index contributed by atoms with van der Waals surface area (Å²) < 4.78 is 21.8. The molecule has 2 rings (SSSR count). The second-order valence-corrected chi connectivity index (χ2v) is 5.97. The van der Waals surface area contributed by atoms with Gasteiger partial charge in [0.25, 0.3) is 0 Å². The minimum Gasteiger partial charge on any atom is -0.497 e. The van der Waals surface area contributed by atoms with Crippen LogP contribution in [0.25, 0.3) is 0 Å². The van der Waals surface area contributed by atoms with Gasteiger partial charge in [0.1, 0.15) is 30.0 Å². The lowest BCUT2D eigenvalue weighted by Gasteiger charge is -2.18. The molecule has 0 amide bonds. The predicted molar refractivity (Wildman–Crippen MR) is 105 cm³/mol. The minimum absolute atomic E-state index is 0.00595. The molecule has 2 aromatic rings. The molecular weight excluding hydrogens is 346 g/mol. The van der Waals surface area contributed by atoms with Gasteiger partial charge in [-0.2, -0.15) is 0 Å². The third kappa shape index (κ3) is 8.04. The fraction of sp³-hybridized carbons (Fsp3) is 0.450. The molecule has 27 heavy (non-hydrogen) atoms. The fourth-order valence-corrected chi connectivity index (χ4v) is 2.34. The summed E-state index contributed by atoms with van der Waals surface area (Å²) in [6, 6.07) is 11.3. The van der Waals surface area contributed by atoms with Crippen LogP contribution in [0.2, 0.25) is 0 Å². The quantitative estimate of drug-likeness (QED) is 0.357. The molecule has 0 aliphatic rings. The van der Waals surface area contributed by atoms with E-state index in [1.54, 1.807) is 20.4 Å². The highest BCUT2D eigenvalue weighted by atomic mass is 16.5. The van der Waals surface area contributed by atoms with Crippen molar-refractivity contribution in [3.05, 3.63) is 48.4 Å². The minimum atomic E-state index is -0.00595. The van der Waals surface area contributed by atoms with Crippen molar-refractivity contribution in [1.82, 2.24) is 10.6 Å². The van der Waals surface area contributed by atoms with E-state index in [1.165, 1.54) is 0 Å². The number of hydrogen-bond acceptors (Lipinski definition) is 5. The Bertz CT molecular complexity index is 656. The summed E-state index contributed by atoms with van der Waals surface area (Å²) in [7, 11) is 3.39. The lowest BCUT2D eigenvalue weighted by molar-refractivity contribution is 0.105. The van der Waals surface area contributed by atoms with Crippen LogP contribution in [-0.4, -0.2) is 45.9 Å². The van der Waals surface area contributed by atoms with E-state index in [1.807, 2.05) is 43.3 Å². The van der Waals surface area contributed by atoms with Gasteiger partial charge in [0, 0.05) is 20.2 Å². The Balaban J connectivity index is 1.57. The largest absolute Gasteiger partial charge is 0.497 e. The van der Waals surface area contributed by atoms with Gasteiger partial charge >= 0.3 is 0 Å². The smallest absolute Gasteiger partial charge is 0.191 e. The lowest BCUT2D eigenvalue weighted by Crippen LogP contribution is -2.42. The number of ether oxygens (including phenoxy) is 3. The summed E-state index contributed by atoms with van der Waals surface area (Å²) in [5.41, 5.74) is 0. The third-order valence-corrected chi connectivity index (χ3v) is 3.76. The monoisotopic (exact) mass is 375 g/mol. The molecule has 0 fully saturated rings. The molecule has 0 saturated heterocycles. The van der Waals surface area contributed by atoms with Crippen molar-refractivity contribution in [1.29, 1.82) is 0 Å². The van der Waals surface area contributed by atoms with Gasteiger partial charge in [0.2, 0.25) is 0 Å². The van der Waals surface area contributed by atoms with Gasteiger partial charge < -0.3 is 29.3 Å². The molecule has 1 atom stereocenters. The summed E-state index contributed by atoms with van der Waals surface area (Å²) in [6.07, 6.45) is 2.52. The van der Waals surface area contributed by atoms with Crippen molar-refractivity contribution in [2.24, 2.45) is 4.99 Å². The molecular formula is C20H29N3O4. The van der Waals surface area contributed by atoms with Crippen LogP contribution in [0, 0.1) is 0 Å². The van der Waals surface area contributed by atoms with Crippen molar-refractivity contribution < 1.29 is 18.6 Å². The first-order valence-corrected chi connectivity index (χ1v) is 9.06. The molecule has 1 unspecified atom stereocenters. The highest BCUT2D eigenvalue weighted by Gasteiger charge is 2.06. The Morgan fingerprint density at radius 2 is 1.93 bits per heavy atom. The molecule has 2 N–H and O–H groups in total. The van der Waals surface area contributed by atoms with E-state index in [4.69, 9.17) is 18.6 Å². The number of aliphatic imine (C=N–C) groups is 1. The Morgan fingerprint density at radius 1 is 1.15 bits per heavy atom. The van der Waals surface area contributed by atoms with Crippen molar-refractivity contribution >= 4 is 5.96 Å². The maximum Gasteiger partial charge on any atom is 0.191 e. The molecule has 7 heteroatoms. The van der Waals surface area contributed by atoms with Gasteiger partial charge in [0.15, 0.2) is 5.96 Å². The van der Waals surface area contributed by atoms with Crippen LogP contribution in [0.1, 0.15) is 19.1 Å². The Labute approximate surface area is 160 Å². The van der Waals surface area contributed by atoms with Crippen LogP contribution in [-0.2, 0) is 11.3 Å². The maximum absolute atomic E-state index is 5.87. The van der Waals surface area contributed by atoms with Gasteiger partial charge in [-0.25, -0.2) is 0 Å². The van der Waals surface area contributed by atoms with E-state index in [9.17, 15) is 0 Å². The van der Waals surface area contributed by atoms with E-state index < -0.39 is 0 Å². The van der Waals surface area contributed by atoms with Crippen LogP contribution >= 0.6 is 0 Å². The number of hydrogen-bond donors (Lipinski definition) is 2. The standard InChI is InChI=1S/C20H29N3O4/c1-16(27-18-9-7-17(24-3)8-10-18)14-23-20(21-2)22-11-5-12-25-15-19-6-4-13-26-19/h4,6-10,13,16H,5,11-12,14-15H2,1-3H3,(H2,21,22,23). The number of rotatable bonds is 11. The zero-order valence-corrected chi connectivity index (χ0v) is 16.2. The topological polar surface area (TPSA) is 77.3 Å². The molecule has 7 nitrogen and oxygen atoms in total. The highest BCUT2D eigenvalue weighted by molar-refractivity contribution is 5.79. The average Bonchev–Trinajstić information content (AvgIpc) is 3.21. The van der Waals surface area contributed by atoms with Gasteiger partial charge in [-0.1, -0.05) is 0 Å². The number of guanidine groups is 1. The summed E-state index contributed by atoms with van der Waals surface area (Å²) in [5, 5.41) is 6.52. The van der Waals surface area contributed by atoms with Gasteiger partial charge in [-0.05, 0) is 49.7 Å². The molecule has 0 aliphatic heterocycles. The van der Waals surface area contributed by atoms with Crippen LogP contribution in [0.15, 0.2) is 52.1 Å². The maximum atomic E-state index is 5.87. The third-order valence-electron chi connectivity index (χ3n) is 3.76. The second kappa shape index (κ2) is 11.9. The first kappa shape index (κ1) is 20.6. The summed E-state index contributed by atoms with van der Waals surface area (Å²) >= 11 is 0. The average molecular weight is 375 g/mol. The van der Waals surface area contributed by atoms with Crippen molar-refractivity contribution in [3.8, 4) is 11.5 Å². The lowest BCUT2D eigenvalue weighted by atomic mass is 10.3. The zero-order valence-electron chi connectivity index (χ0n) is 16.2. The number of methoxy groups -OCH3 is 1. The van der Waals surface area contributed by atoms with E-state index >= 15 is 0 Å². The number of nitrogens with zero attached hydrogens (tertiary/aromatic N) is 1. The molecule has 0 radical (unpaired) electrons. The number of nitrogens with one attached hydrogen (secondary N) is 2. The van der Waals surface area contributed by atoms with Gasteiger partial charge in [-0.15, -0.1) is 0 Å². The molecule has 0 saturated carbocycles. The zero-order chi connectivity index (χ0) is 19.3. The summed E-state index contributed by atoms with van der Waals surface area (Å²) in [4.78, 5) is 4.21. The Morgan fingerprint density at radius 3 is 2.59 bits per heavy atom. The van der Waals surface area contributed by atoms with E-state index in [2.05, 4.69) is 15.6 Å². The molecule has 1 aromatic heterocycles. The molecule has 1 aromatic carbocycles. The normalized spacial score (nSPS) is 12.5. The van der Waals surface area contributed by atoms with Crippen molar-refractivity contribution in [3.63, 3.8) is 0 Å².